The van der Waals surface area contributed by atoms with E-state index in [1.165, 1.54) is 12.1 Å². The minimum Gasteiger partial charge on any atom is -0.356 e. The molecular formula is C18H17ClFNO2. The third-order valence-electron chi connectivity index (χ3n) is 3.37. The van der Waals surface area contributed by atoms with Gasteiger partial charge in [0, 0.05) is 30.0 Å². The monoisotopic (exact) mass is 333 g/mol. The second-order valence-electron chi connectivity index (χ2n) is 5.16. The molecule has 0 aliphatic rings. The number of hydrogen-bond acceptors (Lipinski definition) is 2. The van der Waals surface area contributed by atoms with Gasteiger partial charge in [0.15, 0.2) is 5.78 Å². The number of amides is 1. The summed E-state index contributed by atoms with van der Waals surface area (Å²) in [5.41, 5.74) is 1.46. The van der Waals surface area contributed by atoms with E-state index in [0.29, 0.717) is 23.6 Å². The first kappa shape index (κ1) is 17.2. The van der Waals surface area contributed by atoms with Crippen LogP contribution >= 0.6 is 11.6 Å². The summed E-state index contributed by atoms with van der Waals surface area (Å²) < 4.78 is 12.8. The predicted molar refractivity (Wildman–Crippen MR) is 88.1 cm³/mol. The fraction of sp³-hybridized carbons (Fsp3) is 0.222. The number of carbonyl (C=O) groups is 2. The van der Waals surface area contributed by atoms with Crippen molar-refractivity contribution in [1.82, 2.24) is 5.32 Å². The SMILES string of the molecule is O=C(CCC(=O)c1cccc(Cl)c1)NCCc1ccc(F)cc1. The Hall–Kier alpha value is -2.20. The zero-order chi connectivity index (χ0) is 16.7. The quantitative estimate of drug-likeness (QED) is 0.783. The molecule has 0 bridgehead atoms. The summed E-state index contributed by atoms with van der Waals surface area (Å²) in [5, 5.41) is 3.25. The van der Waals surface area contributed by atoms with Crippen molar-refractivity contribution in [2.75, 3.05) is 6.54 Å². The van der Waals surface area contributed by atoms with Crippen molar-refractivity contribution in [3.63, 3.8) is 0 Å². The average molecular weight is 334 g/mol. The van der Waals surface area contributed by atoms with Gasteiger partial charge in [-0.2, -0.15) is 0 Å². The molecule has 1 amide bonds. The molecule has 2 aromatic carbocycles. The maximum atomic E-state index is 12.8. The van der Waals surface area contributed by atoms with E-state index in [4.69, 9.17) is 11.6 Å². The highest BCUT2D eigenvalue weighted by molar-refractivity contribution is 6.31. The molecule has 0 radical (unpaired) electrons. The van der Waals surface area contributed by atoms with E-state index in [-0.39, 0.29) is 30.3 Å². The van der Waals surface area contributed by atoms with E-state index >= 15 is 0 Å². The van der Waals surface area contributed by atoms with Gasteiger partial charge in [-0.15, -0.1) is 0 Å². The maximum Gasteiger partial charge on any atom is 0.220 e. The van der Waals surface area contributed by atoms with Crippen LogP contribution in [-0.4, -0.2) is 18.2 Å². The summed E-state index contributed by atoms with van der Waals surface area (Å²) in [6.07, 6.45) is 0.895. The van der Waals surface area contributed by atoms with Crippen molar-refractivity contribution < 1.29 is 14.0 Å². The summed E-state index contributed by atoms with van der Waals surface area (Å²) in [4.78, 5) is 23.7. The minimum absolute atomic E-state index is 0.110. The highest BCUT2D eigenvalue weighted by Crippen LogP contribution is 2.13. The highest BCUT2D eigenvalue weighted by atomic mass is 35.5. The molecule has 5 heteroatoms. The first-order chi connectivity index (χ1) is 11.0. The summed E-state index contributed by atoms with van der Waals surface area (Å²) >= 11 is 5.83. The van der Waals surface area contributed by atoms with E-state index in [2.05, 4.69) is 5.32 Å². The normalized spacial score (nSPS) is 10.3. The molecule has 2 rings (SSSR count). The van der Waals surface area contributed by atoms with Gasteiger partial charge in [0.2, 0.25) is 5.91 Å². The lowest BCUT2D eigenvalue weighted by Gasteiger charge is -2.05. The van der Waals surface area contributed by atoms with Crippen LogP contribution in [0, 0.1) is 5.82 Å². The Labute approximate surface area is 139 Å². The molecule has 0 atom stereocenters. The summed E-state index contributed by atoms with van der Waals surface area (Å²) in [6, 6.07) is 12.8. The van der Waals surface area contributed by atoms with Crippen molar-refractivity contribution in [3.8, 4) is 0 Å². The number of halogens is 2. The third kappa shape index (κ3) is 5.83. The molecule has 0 aliphatic heterocycles. The second-order valence-corrected chi connectivity index (χ2v) is 5.60. The van der Waals surface area contributed by atoms with Gasteiger partial charge in [0.05, 0.1) is 0 Å². The van der Waals surface area contributed by atoms with Gasteiger partial charge < -0.3 is 5.32 Å². The van der Waals surface area contributed by atoms with Gasteiger partial charge in [-0.3, -0.25) is 9.59 Å². The molecular weight excluding hydrogens is 317 g/mol. The number of Topliss-reactive ketones (excluding diaryl/α,β-unsaturated/α-hetero) is 1. The van der Waals surface area contributed by atoms with Crippen LogP contribution < -0.4 is 5.32 Å². The molecule has 0 heterocycles. The molecule has 0 saturated carbocycles. The van der Waals surface area contributed by atoms with Crippen molar-refractivity contribution in [2.24, 2.45) is 0 Å². The van der Waals surface area contributed by atoms with Crippen LogP contribution in [0.25, 0.3) is 0 Å². The minimum atomic E-state index is -0.280. The van der Waals surface area contributed by atoms with E-state index in [1.807, 2.05) is 0 Å². The molecule has 0 aromatic heterocycles. The zero-order valence-corrected chi connectivity index (χ0v) is 13.3. The molecule has 0 fully saturated rings. The van der Waals surface area contributed by atoms with Crippen molar-refractivity contribution in [3.05, 3.63) is 70.5 Å². The van der Waals surface area contributed by atoms with Gasteiger partial charge in [-0.05, 0) is 36.2 Å². The molecule has 3 nitrogen and oxygen atoms in total. The second kappa shape index (κ2) is 8.44. The van der Waals surface area contributed by atoms with Crippen LogP contribution in [0.2, 0.25) is 5.02 Å². The van der Waals surface area contributed by atoms with Gasteiger partial charge in [-0.25, -0.2) is 4.39 Å². The number of benzene rings is 2. The first-order valence-electron chi connectivity index (χ1n) is 7.34. The van der Waals surface area contributed by atoms with Crippen LogP contribution in [0.1, 0.15) is 28.8 Å². The fourth-order valence-electron chi connectivity index (χ4n) is 2.12. The largest absolute Gasteiger partial charge is 0.356 e. The maximum absolute atomic E-state index is 12.8. The number of rotatable bonds is 7. The summed E-state index contributed by atoms with van der Waals surface area (Å²) in [6.45, 7) is 0.454. The number of carbonyl (C=O) groups excluding carboxylic acids is 2. The van der Waals surface area contributed by atoms with Crippen molar-refractivity contribution >= 4 is 23.3 Å². The summed E-state index contributed by atoms with van der Waals surface area (Å²) in [5.74, 6) is -0.569. The van der Waals surface area contributed by atoms with Gasteiger partial charge in [0.25, 0.3) is 0 Å². The van der Waals surface area contributed by atoms with Gasteiger partial charge in [0.1, 0.15) is 5.82 Å². The Morgan fingerprint density at radius 3 is 2.48 bits per heavy atom. The molecule has 1 N–H and O–H groups in total. The lowest BCUT2D eigenvalue weighted by molar-refractivity contribution is -0.121. The first-order valence-corrected chi connectivity index (χ1v) is 7.72. The van der Waals surface area contributed by atoms with E-state index in [9.17, 15) is 14.0 Å². The van der Waals surface area contributed by atoms with Crippen LogP contribution in [0.15, 0.2) is 48.5 Å². The van der Waals surface area contributed by atoms with Crippen LogP contribution in [0.5, 0.6) is 0 Å². The zero-order valence-electron chi connectivity index (χ0n) is 12.5. The Balaban J connectivity index is 1.70. The van der Waals surface area contributed by atoms with Crippen LogP contribution in [0.3, 0.4) is 0 Å². The van der Waals surface area contributed by atoms with Crippen molar-refractivity contribution in [1.29, 1.82) is 0 Å². The Bertz CT molecular complexity index is 686. The van der Waals surface area contributed by atoms with E-state index < -0.39 is 0 Å². The molecule has 23 heavy (non-hydrogen) atoms. The topological polar surface area (TPSA) is 46.2 Å². The van der Waals surface area contributed by atoms with Gasteiger partial charge in [-0.1, -0.05) is 35.9 Å². The van der Waals surface area contributed by atoms with Crippen LogP contribution in [-0.2, 0) is 11.2 Å². The molecule has 0 unspecified atom stereocenters. The third-order valence-corrected chi connectivity index (χ3v) is 3.61. The lowest BCUT2D eigenvalue weighted by Crippen LogP contribution is -2.26. The van der Waals surface area contributed by atoms with E-state index in [0.717, 1.165) is 5.56 Å². The smallest absolute Gasteiger partial charge is 0.220 e. The Morgan fingerprint density at radius 1 is 1.04 bits per heavy atom. The highest BCUT2D eigenvalue weighted by Gasteiger charge is 2.09. The molecule has 0 aliphatic carbocycles. The molecule has 120 valence electrons. The average Bonchev–Trinajstić information content (AvgIpc) is 2.54. The van der Waals surface area contributed by atoms with Crippen LogP contribution in [0.4, 0.5) is 4.39 Å². The summed E-state index contributed by atoms with van der Waals surface area (Å²) in [7, 11) is 0. The Kier molecular flexibility index (Phi) is 6.29. The molecule has 0 saturated heterocycles. The van der Waals surface area contributed by atoms with Crippen molar-refractivity contribution in [2.45, 2.75) is 19.3 Å². The Morgan fingerprint density at radius 2 is 1.78 bits per heavy atom. The predicted octanol–water partition coefficient (Wildman–Crippen LogP) is 3.80. The molecule has 2 aromatic rings. The van der Waals surface area contributed by atoms with Gasteiger partial charge >= 0.3 is 0 Å². The standard InChI is InChI=1S/C18H17ClFNO2/c19-15-3-1-2-14(12-15)17(22)8-9-18(23)21-11-10-13-4-6-16(20)7-5-13/h1-7,12H,8-11H2,(H,21,23). The number of hydrogen-bond donors (Lipinski definition) is 1. The lowest BCUT2D eigenvalue weighted by atomic mass is 10.1. The van der Waals surface area contributed by atoms with E-state index in [1.54, 1.807) is 36.4 Å². The number of nitrogens with one attached hydrogen (secondary N) is 1. The fourth-order valence-corrected chi connectivity index (χ4v) is 2.31. The number of ketones is 1. The molecule has 0 spiro atoms.